The van der Waals surface area contributed by atoms with Gasteiger partial charge in [-0.3, -0.25) is 19.2 Å². The van der Waals surface area contributed by atoms with Gasteiger partial charge in [0, 0.05) is 30.7 Å². The van der Waals surface area contributed by atoms with Gasteiger partial charge in [0.15, 0.2) is 12.1 Å². The monoisotopic (exact) mass is 340 g/mol. The number of hydrogen-bond donors (Lipinski definition) is 4. The van der Waals surface area contributed by atoms with Crippen LogP contribution in [0, 0.1) is 0 Å². The van der Waals surface area contributed by atoms with Gasteiger partial charge in [-0.05, 0) is 6.42 Å². The topological polar surface area (TPSA) is 167 Å². The quantitative estimate of drug-likeness (QED) is 0.166. The minimum Gasteiger partial charge on any atom is -0.478 e. The van der Waals surface area contributed by atoms with E-state index in [1.807, 2.05) is 10.6 Å². The molecule has 0 aliphatic heterocycles. The van der Waals surface area contributed by atoms with Crippen LogP contribution in [0.4, 0.5) is 0 Å². The molecule has 24 heavy (non-hydrogen) atoms. The van der Waals surface area contributed by atoms with Gasteiger partial charge in [0.25, 0.3) is 0 Å². The normalized spacial score (nSPS) is 11.2. The molecule has 130 valence electrons. The number of ketones is 1. The van der Waals surface area contributed by atoms with Crippen LogP contribution in [-0.2, 0) is 28.8 Å². The second-order valence-corrected chi connectivity index (χ2v) is 4.42. The lowest BCUT2D eigenvalue weighted by Crippen LogP contribution is -2.66. The Kier molecular flexibility index (Phi) is 8.33. The lowest BCUT2D eigenvalue weighted by molar-refractivity contribution is -0.140. The summed E-state index contributed by atoms with van der Waals surface area (Å²) in [6.07, 6.45) is 2.16. The number of Topliss-reactive ketones (excluding diaryl/α,β-unsaturated/α-hetero) is 1. The molecule has 0 aromatic heterocycles. The molecule has 0 fully saturated rings. The summed E-state index contributed by atoms with van der Waals surface area (Å²) >= 11 is 0. The van der Waals surface area contributed by atoms with Crippen LogP contribution in [-0.4, -0.2) is 51.7 Å². The number of hydrogen-bond acceptors (Lipinski definition) is 6. The molecule has 0 aliphatic carbocycles. The molecular formula is C14H16N2O8. The van der Waals surface area contributed by atoms with Crippen molar-refractivity contribution < 1.29 is 39.0 Å². The SMILES string of the molecule is CCCC(=O)C(C=O)(NC(=O)/C=C\C(=O)O)NC(=O)/C=C\C(=O)O. The fourth-order valence-corrected chi connectivity index (χ4v) is 1.49. The average molecular weight is 340 g/mol. The van der Waals surface area contributed by atoms with Crippen molar-refractivity contribution in [3.8, 4) is 0 Å². The zero-order chi connectivity index (χ0) is 18.8. The van der Waals surface area contributed by atoms with Crippen molar-refractivity contribution in [2.75, 3.05) is 0 Å². The average Bonchev–Trinajstić information content (AvgIpc) is 2.50. The fraction of sp³-hybridized carbons (Fsp3) is 0.286. The summed E-state index contributed by atoms with van der Waals surface area (Å²) in [6.45, 7) is 1.62. The predicted molar refractivity (Wildman–Crippen MR) is 78.5 cm³/mol. The number of aliphatic carboxylic acids is 2. The van der Waals surface area contributed by atoms with E-state index in [9.17, 15) is 28.8 Å². The van der Waals surface area contributed by atoms with E-state index < -0.39 is 35.2 Å². The summed E-state index contributed by atoms with van der Waals surface area (Å²) in [5.41, 5.74) is -2.43. The molecule has 0 saturated carbocycles. The number of carboxylic acids is 2. The molecule has 0 atom stereocenters. The summed E-state index contributed by atoms with van der Waals surface area (Å²) in [7, 11) is 0. The van der Waals surface area contributed by atoms with Gasteiger partial charge in [0.1, 0.15) is 0 Å². The Hall–Kier alpha value is -3.30. The van der Waals surface area contributed by atoms with Crippen LogP contribution in [0.1, 0.15) is 19.8 Å². The molecule has 0 rings (SSSR count). The lowest BCUT2D eigenvalue weighted by atomic mass is 10.0. The van der Waals surface area contributed by atoms with E-state index in [0.29, 0.717) is 30.7 Å². The first kappa shape index (κ1) is 20.7. The van der Waals surface area contributed by atoms with Crippen molar-refractivity contribution in [3.05, 3.63) is 24.3 Å². The molecule has 0 radical (unpaired) electrons. The zero-order valence-electron chi connectivity index (χ0n) is 12.6. The Morgan fingerprint density at radius 1 is 0.875 bits per heavy atom. The highest BCUT2D eigenvalue weighted by atomic mass is 16.4. The van der Waals surface area contributed by atoms with Gasteiger partial charge >= 0.3 is 11.9 Å². The van der Waals surface area contributed by atoms with E-state index in [1.165, 1.54) is 0 Å². The molecule has 0 aromatic carbocycles. The number of carboxylic acid groups (broad SMARTS) is 2. The second kappa shape index (κ2) is 9.66. The highest BCUT2D eigenvalue weighted by Gasteiger charge is 2.39. The van der Waals surface area contributed by atoms with E-state index in [0.717, 1.165) is 0 Å². The van der Waals surface area contributed by atoms with Crippen LogP contribution in [0.5, 0.6) is 0 Å². The Labute approximate surface area is 136 Å². The zero-order valence-corrected chi connectivity index (χ0v) is 12.6. The summed E-state index contributed by atoms with van der Waals surface area (Å²) in [5, 5.41) is 20.7. The number of nitrogens with one attached hydrogen (secondary N) is 2. The molecule has 10 nitrogen and oxygen atoms in total. The standard InChI is InChI=1S/C14H16N2O8/c1-2-3-9(18)14(8-17,15-10(19)4-6-12(21)22)16-11(20)5-7-13(23)24/h4-8H,2-3H2,1H3,(H,15,19)(H,16,20)(H,21,22)(H,23,24)/b6-4-,7-5-. The van der Waals surface area contributed by atoms with Gasteiger partial charge in [-0.15, -0.1) is 0 Å². The third kappa shape index (κ3) is 7.11. The summed E-state index contributed by atoms with van der Waals surface area (Å²) < 4.78 is 0. The number of carbonyl (C=O) groups excluding carboxylic acids is 4. The third-order valence-electron chi connectivity index (χ3n) is 2.49. The van der Waals surface area contributed by atoms with Crippen molar-refractivity contribution in [1.82, 2.24) is 10.6 Å². The van der Waals surface area contributed by atoms with Crippen molar-refractivity contribution in [1.29, 1.82) is 0 Å². The summed E-state index contributed by atoms with van der Waals surface area (Å²) in [5.74, 6) is -5.95. The molecule has 2 amide bonds. The Bertz CT molecular complexity index is 568. The van der Waals surface area contributed by atoms with Gasteiger partial charge < -0.3 is 20.8 Å². The number of carbonyl (C=O) groups is 6. The summed E-state index contributed by atoms with van der Waals surface area (Å²) in [4.78, 5) is 67.5. The molecule has 0 bridgehead atoms. The van der Waals surface area contributed by atoms with Crippen LogP contribution in [0.15, 0.2) is 24.3 Å². The first-order valence-electron chi connectivity index (χ1n) is 6.62. The van der Waals surface area contributed by atoms with Crippen LogP contribution in [0.2, 0.25) is 0 Å². The van der Waals surface area contributed by atoms with Crippen LogP contribution < -0.4 is 10.6 Å². The van der Waals surface area contributed by atoms with Gasteiger partial charge in [0.05, 0.1) is 0 Å². The minimum atomic E-state index is -2.43. The molecular weight excluding hydrogens is 324 g/mol. The fourth-order valence-electron chi connectivity index (χ4n) is 1.49. The van der Waals surface area contributed by atoms with Crippen LogP contribution in [0.25, 0.3) is 0 Å². The molecule has 0 aliphatic rings. The van der Waals surface area contributed by atoms with E-state index in [2.05, 4.69) is 0 Å². The minimum absolute atomic E-state index is 0.0238. The number of rotatable bonds is 10. The van der Waals surface area contributed by atoms with Crippen molar-refractivity contribution >= 4 is 35.8 Å². The molecule has 0 aromatic rings. The van der Waals surface area contributed by atoms with E-state index in [-0.39, 0.29) is 12.7 Å². The maximum absolute atomic E-state index is 12.1. The van der Waals surface area contributed by atoms with Gasteiger partial charge in [-0.1, -0.05) is 6.92 Å². The van der Waals surface area contributed by atoms with Crippen molar-refractivity contribution in [2.24, 2.45) is 0 Å². The maximum atomic E-state index is 12.1. The van der Waals surface area contributed by atoms with Crippen LogP contribution >= 0.6 is 0 Å². The number of amides is 2. The smallest absolute Gasteiger partial charge is 0.328 e. The van der Waals surface area contributed by atoms with E-state index >= 15 is 0 Å². The first-order chi connectivity index (χ1) is 11.2. The van der Waals surface area contributed by atoms with Gasteiger partial charge in [-0.25, -0.2) is 9.59 Å². The largest absolute Gasteiger partial charge is 0.478 e. The number of aldehydes is 1. The molecule has 10 heteroatoms. The van der Waals surface area contributed by atoms with Gasteiger partial charge in [-0.2, -0.15) is 0 Å². The maximum Gasteiger partial charge on any atom is 0.328 e. The first-order valence-corrected chi connectivity index (χ1v) is 6.62. The Morgan fingerprint density at radius 2 is 1.29 bits per heavy atom. The van der Waals surface area contributed by atoms with Crippen molar-refractivity contribution in [2.45, 2.75) is 25.4 Å². The highest BCUT2D eigenvalue weighted by Crippen LogP contribution is 2.06. The highest BCUT2D eigenvalue weighted by molar-refractivity contribution is 6.10. The van der Waals surface area contributed by atoms with Crippen molar-refractivity contribution in [3.63, 3.8) is 0 Å². The second-order valence-electron chi connectivity index (χ2n) is 4.42. The Morgan fingerprint density at radius 3 is 1.58 bits per heavy atom. The predicted octanol–water partition coefficient (Wildman–Crippen LogP) is -1.24. The van der Waals surface area contributed by atoms with Gasteiger partial charge in [0.2, 0.25) is 17.5 Å². The summed E-state index contributed by atoms with van der Waals surface area (Å²) in [6, 6.07) is 0. The van der Waals surface area contributed by atoms with E-state index in [4.69, 9.17) is 10.2 Å². The molecule has 0 heterocycles. The van der Waals surface area contributed by atoms with E-state index in [1.54, 1.807) is 6.92 Å². The molecule has 0 spiro atoms. The lowest BCUT2D eigenvalue weighted by Gasteiger charge is -2.27. The third-order valence-corrected chi connectivity index (χ3v) is 2.49. The molecule has 4 N–H and O–H groups in total. The Balaban J connectivity index is 5.49. The molecule has 0 saturated heterocycles. The molecule has 0 unspecified atom stereocenters. The van der Waals surface area contributed by atoms with Crippen LogP contribution in [0.3, 0.4) is 0 Å².